The number of likely N-dealkylation sites (N-methyl/N-ethyl adjacent to an activating group) is 1. The first-order valence-electron chi connectivity index (χ1n) is 25.7. The Bertz CT molecular complexity index is 1150. The van der Waals surface area contributed by atoms with Crippen LogP contribution in [0.3, 0.4) is 0 Å². The molecule has 0 amide bonds. The highest BCUT2D eigenvalue weighted by Crippen LogP contribution is 2.15. The molecule has 8 nitrogen and oxygen atoms in total. The van der Waals surface area contributed by atoms with Gasteiger partial charge in [0.2, 0.25) is 0 Å². The standard InChI is InChI=1S/C54H97NO7/c1-6-8-10-12-14-16-18-20-22-24-26-27-29-31-33-35-37-39-41-43-45-53(57)62-50(48-60-47-46-51(54(58)59)55(3,4)5)49-61-52(56)44-42-40-38-36-34-32-30-28-25-23-21-19-17-15-13-11-9-7-2/h8,10,14,16,20,22,28,30,50-51H,6-7,9,11-13,15,17-19,21,23-27,29,31-49H2,1-5H3/p+1/b10-8+,16-14+,22-20+,30-28+. The van der Waals surface area contributed by atoms with E-state index >= 15 is 0 Å². The molecule has 0 aromatic rings. The number of ether oxygens (including phenoxy) is 3. The first-order chi connectivity index (χ1) is 30.1. The van der Waals surface area contributed by atoms with Gasteiger partial charge in [-0.15, -0.1) is 0 Å². The van der Waals surface area contributed by atoms with Crippen LogP contribution in [0.4, 0.5) is 0 Å². The number of allylic oxidation sites excluding steroid dienone is 8. The van der Waals surface area contributed by atoms with Crippen molar-refractivity contribution in [1.29, 1.82) is 0 Å². The number of unbranched alkanes of at least 4 members (excludes halogenated alkanes) is 24. The molecule has 0 fully saturated rings. The lowest BCUT2D eigenvalue weighted by atomic mass is 10.0. The van der Waals surface area contributed by atoms with Gasteiger partial charge in [0.25, 0.3) is 0 Å². The zero-order valence-corrected chi connectivity index (χ0v) is 41.1. The maximum absolute atomic E-state index is 12.8. The van der Waals surface area contributed by atoms with Gasteiger partial charge in [0.1, 0.15) is 6.61 Å². The average molecular weight is 873 g/mol. The summed E-state index contributed by atoms with van der Waals surface area (Å²) < 4.78 is 17.4. The summed E-state index contributed by atoms with van der Waals surface area (Å²) >= 11 is 0. The molecule has 0 bridgehead atoms. The summed E-state index contributed by atoms with van der Waals surface area (Å²) in [5, 5.41) is 9.65. The number of aliphatic carboxylic acids is 1. The number of rotatable bonds is 46. The molecular formula is C54H98NO7+. The lowest BCUT2D eigenvalue weighted by molar-refractivity contribution is -0.887. The van der Waals surface area contributed by atoms with Crippen LogP contribution in [-0.4, -0.2) is 80.6 Å². The molecule has 0 aliphatic carbocycles. The Balaban J connectivity index is 4.25. The molecule has 0 aromatic heterocycles. The predicted molar refractivity (Wildman–Crippen MR) is 261 cm³/mol. The minimum atomic E-state index is -0.876. The van der Waals surface area contributed by atoms with Crippen molar-refractivity contribution in [3.8, 4) is 0 Å². The van der Waals surface area contributed by atoms with Crippen LogP contribution < -0.4 is 0 Å². The third-order valence-corrected chi connectivity index (χ3v) is 11.5. The summed E-state index contributed by atoms with van der Waals surface area (Å²) in [5.41, 5.74) is 0. The third kappa shape index (κ3) is 42.6. The molecule has 8 heteroatoms. The van der Waals surface area contributed by atoms with Crippen molar-refractivity contribution in [3.63, 3.8) is 0 Å². The van der Waals surface area contributed by atoms with Gasteiger partial charge in [0, 0.05) is 19.3 Å². The van der Waals surface area contributed by atoms with E-state index in [0.717, 1.165) is 64.2 Å². The van der Waals surface area contributed by atoms with Gasteiger partial charge in [-0.3, -0.25) is 9.59 Å². The molecule has 0 aliphatic rings. The maximum atomic E-state index is 12.8. The first-order valence-corrected chi connectivity index (χ1v) is 25.7. The summed E-state index contributed by atoms with van der Waals surface area (Å²) in [6.45, 7) is 4.64. The normalized spacial score (nSPS) is 13.2. The van der Waals surface area contributed by atoms with Crippen LogP contribution in [0.15, 0.2) is 48.6 Å². The Morgan fingerprint density at radius 1 is 0.500 bits per heavy atom. The number of nitrogens with zero attached hydrogens (tertiary/aromatic N) is 1. The zero-order chi connectivity index (χ0) is 45.6. The Labute approximate surface area is 382 Å². The quantitative estimate of drug-likeness (QED) is 0.0281. The molecule has 0 spiro atoms. The van der Waals surface area contributed by atoms with E-state index in [-0.39, 0.29) is 36.2 Å². The highest BCUT2D eigenvalue weighted by atomic mass is 16.6. The van der Waals surface area contributed by atoms with Crippen molar-refractivity contribution in [1.82, 2.24) is 0 Å². The molecule has 62 heavy (non-hydrogen) atoms. The number of carbonyl (C=O) groups excluding carboxylic acids is 2. The second-order valence-electron chi connectivity index (χ2n) is 18.4. The predicted octanol–water partition coefficient (Wildman–Crippen LogP) is 14.8. The average Bonchev–Trinajstić information content (AvgIpc) is 3.23. The van der Waals surface area contributed by atoms with Crippen LogP contribution in [0, 0.1) is 0 Å². The van der Waals surface area contributed by atoms with E-state index in [1.807, 2.05) is 21.1 Å². The van der Waals surface area contributed by atoms with Crippen LogP contribution in [0.5, 0.6) is 0 Å². The third-order valence-electron chi connectivity index (χ3n) is 11.5. The molecule has 1 N–H and O–H groups in total. The van der Waals surface area contributed by atoms with E-state index in [9.17, 15) is 19.5 Å². The number of carbonyl (C=O) groups is 3. The fourth-order valence-electron chi connectivity index (χ4n) is 7.51. The van der Waals surface area contributed by atoms with Gasteiger partial charge in [-0.25, -0.2) is 4.79 Å². The number of esters is 2. The second-order valence-corrected chi connectivity index (χ2v) is 18.4. The van der Waals surface area contributed by atoms with E-state index < -0.39 is 18.1 Å². The van der Waals surface area contributed by atoms with Gasteiger partial charge < -0.3 is 23.8 Å². The van der Waals surface area contributed by atoms with Crippen LogP contribution in [0.25, 0.3) is 0 Å². The molecule has 0 saturated heterocycles. The molecule has 0 aliphatic heterocycles. The van der Waals surface area contributed by atoms with Crippen molar-refractivity contribution in [3.05, 3.63) is 48.6 Å². The monoisotopic (exact) mass is 873 g/mol. The van der Waals surface area contributed by atoms with E-state index in [2.05, 4.69) is 62.5 Å². The van der Waals surface area contributed by atoms with Crippen molar-refractivity contribution in [2.24, 2.45) is 0 Å². The molecule has 360 valence electrons. The minimum absolute atomic E-state index is 0.0562. The topological polar surface area (TPSA) is 99.1 Å². The highest BCUT2D eigenvalue weighted by Gasteiger charge is 2.31. The highest BCUT2D eigenvalue weighted by molar-refractivity contribution is 5.72. The lowest BCUT2D eigenvalue weighted by Crippen LogP contribution is -2.50. The van der Waals surface area contributed by atoms with Gasteiger partial charge in [0.15, 0.2) is 12.1 Å². The molecule has 0 saturated carbocycles. The molecule has 0 radical (unpaired) electrons. The number of quaternary nitrogens is 1. The molecule has 2 unspecified atom stereocenters. The second kappa shape index (κ2) is 44.9. The minimum Gasteiger partial charge on any atom is -0.477 e. The van der Waals surface area contributed by atoms with Crippen molar-refractivity contribution >= 4 is 17.9 Å². The van der Waals surface area contributed by atoms with E-state index in [1.54, 1.807) is 0 Å². The maximum Gasteiger partial charge on any atom is 0.362 e. The number of hydrogen-bond acceptors (Lipinski definition) is 6. The Kier molecular flexibility index (Phi) is 42.9. The van der Waals surface area contributed by atoms with Gasteiger partial charge >= 0.3 is 17.9 Å². The summed E-state index contributed by atoms with van der Waals surface area (Å²) in [7, 11) is 5.53. The summed E-state index contributed by atoms with van der Waals surface area (Å²) in [5.74, 6) is -1.48. The number of hydrogen-bond donors (Lipinski definition) is 1. The van der Waals surface area contributed by atoms with Crippen molar-refractivity contribution < 1.29 is 38.2 Å². The molecular weight excluding hydrogens is 775 g/mol. The fraction of sp³-hybridized carbons (Fsp3) is 0.796. The van der Waals surface area contributed by atoms with Gasteiger partial charge in [0.05, 0.1) is 34.4 Å². The fourth-order valence-corrected chi connectivity index (χ4v) is 7.51. The van der Waals surface area contributed by atoms with Crippen LogP contribution in [-0.2, 0) is 28.6 Å². The van der Waals surface area contributed by atoms with E-state index in [1.165, 1.54) is 128 Å². The Morgan fingerprint density at radius 3 is 1.35 bits per heavy atom. The first kappa shape index (κ1) is 59.3. The largest absolute Gasteiger partial charge is 0.477 e. The van der Waals surface area contributed by atoms with Gasteiger partial charge in [-0.05, 0) is 70.6 Å². The van der Waals surface area contributed by atoms with Gasteiger partial charge in [-0.2, -0.15) is 0 Å². The van der Waals surface area contributed by atoms with E-state index in [0.29, 0.717) is 19.3 Å². The Hall–Kier alpha value is -2.71. The van der Waals surface area contributed by atoms with Gasteiger partial charge in [-0.1, -0.05) is 184 Å². The SMILES string of the molecule is CC/C=C/C/C=C/C/C=C/CCCCCCCCCCCCC(=O)OC(COCCC(C(=O)O)[N+](C)(C)C)COC(=O)CCCCCCC/C=C/CCCCCCCCCCC. The van der Waals surface area contributed by atoms with Crippen molar-refractivity contribution in [2.45, 2.75) is 238 Å². The lowest BCUT2D eigenvalue weighted by Gasteiger charge is -2.31. The Morgan fingerprint density at radius 2 is 0.903 bits per heavy atom. The van der Waals surface area contributed by atoms with E-state index in [4.69, 9.17) is 14.2 Å². The molecule has 0 aromatic carbocycles. The summed E-state index contributed by atoms with van der Waals surface area (Å²) in [4.78, 5) is 37.2. The smallest absolute Gasteiger partial charge is 0.362 e. The van der Waals surface area contributed by atoms with Crippen LogP contribution in [0.2, 0.25) is 0 Å². The summed E-state index contributed by atoms with van der Waals surface area (Å²) in [6, 6.07) is -0.617. The molecule has 0 rings (SSSR count). The molecule has 2 atom stereocenters. The molecule has 0 heterocycles. The van der Waals surface area contributed by atoms with Crippen LogP contribution >= 0.6 is 0 Å². The zero-order valence-electron chi connectivity index (χ0n) is 41.1. The van der Waals surface area contributed by atoms with Crippen molar-refractivity contribution in [2.75, 3.05) is 41.0 Å². The summed E-state index contributed by atoms with van der Waals surface area (Å²) in [6.07, 6.45) is 54.4. The number of carboxylic acids is 1. The number of carboxylic acid groups (broad SMARTS) is 1. The van der Waals surface area contributed by atoms with Crippen LogP contribution in [0.1, 0.15) is 226 Å².